The zero-order valence-electron chi connectivity index (χ0n) is 14.0. The molecule has 0 aliphatic rings. The third-order valence-corrected chi connectivity index (χ3v) is 3.92. The summed E-state index contributed by atoms with van der Waals surface area (Å²) in [5.74, 6) is 0.711. The van der Waals surface area contributed by atoms with Gasteiger partial charge in [-0.25, -0.2) is 9.97 Å². The maximum atomic E-state index is 12.6. The lowest BCUT2D eigenvalue weighted by atomic mass is 10.2. The van der Waals surface area contributed by atoms with Crippen molar-refractivity contribution in [2.24, 2.45) is 0 Å². The Hall–Kier alpha value is -3.19. The van der Waals surface area contributed by atoms with E-state index in [0.29, 0.717) is 5.69 Å². The van der Waals surface area contributed by atoms with Crippen LogP contribution in [-0.2, 0) is 6.54 Å². The van der Waals surface area contributed by atoms with Crippen molar-refractivity contribution in [2.75, 3.05) is 19.4 Å². The highest BCUT2D eigenvalue weighted by atomic mass is 16.1. The summed E-state index contributed by atoms with van der Waals surface area (Å²) in [7, 11) is 3.99. The van der Waals surface area contributed by atoms with Crippen molar-refractivity contribution in [1.82, 2.24) is 24.3 Å². The maximum absolute atomic E-state index is 12.6. The number of hydrogen-bond acceptors (Lipinski definition) is 4. The summed E-state index contributed by atoms with van der Waals surface area (Å²) in [5.41, 5.74) is 3.77. The van der Waals surface area contributed by atoms with Gasteiger partial charge in [-0.05, 0) is 44.4 Å². The van der Waals surface area contributed by atoms with Gasteiger partial charge in [-0.2, -0.15) is 0 Å². The summed E-state index contributed by atoms with van der Waals surface area (Å²) in [6.07, 6.45) is 3.45. The molecule has 0 saturated heterocycles. The van der Waals surface area contributed by atoms with Gasteiger partial charge in [-0.15, -0.1) is 0 Å². The molecule has 0 spiro atoms. The fourth-order valence-electron chi connectivity index (χ4n) is 2.84. The van der Waals surface area contributed by atoms with E-state index >= 15 is 0 Å². The van der Waals surface area contributed by atoms with Crippen molar-refractivity contribution in [3.8, 4) is 0 Å². The molecule has 0 unspecified atom stereocenters. The Balaban J connectivity index is 1.61. The Labute approximate surface area is 144 Å². The quantitative estimate of drug-likeness (QED) is 0.601. The normalized spacial score (nSPS) is 11.5. The van der Waals surface area contributed by atoms with Crippen LogP contribution in [0.1, 0.15) is 16.3 Å². The minimum absolute atomic E-state index is 0.184. The predicted octanol–water partition coefficient (Wildman–Crippen LogP) is 2.52. The number of H-pyrrole nitrogens is 1. The number of nitrogens with one attached hydrogen (secondary N) is 2. The Morgan fingerprint density at radius 3 is 3.00 bits per heavy atom. The molecule has 1 aromatic carbocycles. The van der Waals surface area contributed by atoms with Gasteiger partial charge in [0.2, 0.25) is 0 Å². The second-order valence-electron chi connectivity index (χ2n) is 6.17. The fourth-order valence-corrected chi connectivity index (χ4v) is 2.84. The summed E-state index contributed by atoms with van der Waals surface area (Å²) in [4.78, 5) is 26.7. The van der Waals surface area contributed by atoms with Gasteiger partial charge in [0.15, 0.2) is 0 Å². The molecular weight excluding hydrogens is 316 g/mol. The molecular formula is C18H18N6O. The minimum atomic E-state index is -0.184. The van der Waals surface area contributed by atoms with Crippen molar-refractivity contribution < 1.29 is 4.79 Å². The summed E-state index contributed by atoms with van der Waals surface area (Å²) in [6.45, 7) is 0.735. The van der Waals surface area contributed by atoms with Crippen molar-refractivity contribution >= 4 is 28.3 Å². The van der Waals surface area contributed by atoms with Crippen molar-refractivity contribution in [1.29, 1.82) is 0 Å². The SMILES string of the molecule is CN(C)Cc1nc2ccc(NC(=O)c3cccc4nccn34)cc2[nH]1. The second kappa shape index (κ2) is 6.03. The average Bonchev–Trinajstić information content (AvgIpc) is 3.19. The van der Waals surface area contributed by atoms with Gasteiger partial charge in [0.25, 0.3) is 5.91 Å². The Bertz CT molecular complexity index is 1060. The van der Waals surface area contributed by atoms with E-state index in [4.69, 9.17) is 0 Å². The number of carbonyl (C=O) groups is 1. The van der Waals surface area contributed by atoms with Gasteiger partial charge in [0.1, 0.15) is 17.2 Å². The summed E-state index contributed by atoms with van der Waals surface area (Å²) >= 11 is 0. The van der Waals surface area contributed by atoms with E-state index in [2.05, 4.69) is 20.3 Å². The van der Waals surface area contributed by atoms with E-state index in [1.807, 2.05) is 49.3 Å². The average molecular weight is 334 g/mol. The molecule has 0 atom stereocenters. The lowest BCUT2D eigenvalue weighted by Gasteiger charge is -2.07. The van der Waals surface area contributed by atoms with E-state index in [1.54, 1.807) is 22.9 Å². The van der Waals surface area contributed by atoms with E-state index in [0.717, 1.165) is 34.7 Å². The van der Waals surface area contributed by atoms with Crippen LogP contribution in [0.25, 0.3) is 16.7 Å². The molecule has 7 heteroatoms. The molecule has 0 aliphatic carbocycles. The number of aromatic amines is 1. The molecule has 3 aromatic heterocycles. The summed E-state index contributed by atoms with van der Waals surface area (Å²) < 4.78 is 1.76. The third kappa shape index (κ3) is 2.97. The Morgan fingerprint density at radius 2 is 2.16 bits per heavy atom. The van der Waals surface area contributed by atoms with Crippen LogP contribution in [0.4, 0.5) is 5.69 Å². The molecule has 0 bridgehead atoms. The highest BCUT2D eigenvalue weighted by Gasteiger charge is 2.11. The number of rotatable bonds is 4. The van der Waals surface area contributed by atoms with Crippen LogP contribution in [0.15, 0.2) is 48.8 Å². The summed E-state index contributed by atoms with van der Waals surface area (Å²) in [6, 6.07) is 11.1. The zero-order chi connectivity index (χ0) is 17.4. The smallest absolute Gasteiger partial charge is 0.272 e. The van der Waals surface area contributed by atoms with Gasteiger partial charge in [0, 0.05) is 18.1 Å². The van der Waals surface area contributed by atoms with Crippen molar-refractivity contribution in [3.63, 3.8) is 0 Å². The van der Waals surface area contributed by atoms with Crippen LogP contribution >= 0.6 is 0 Å². The number of aromatic nitrogens is 4. The number of nitrogens with zero attached hydrogens (tertiary/aromatic N) is 4. The fraction of sp³-hybridized carbons (Fsp3) is 0.167. The van der Waals surface area contributed by atoms with Gasteiger partial charge < -0.3 is 15.2 Å². The van der Waals surface area contributed by atoms with Crippen LogP contribution in [0.5, 0.6) is 0 Å². The zero-order valence-corrected chi connectivity index (χ0v) is 14.0. The number of amides is 1. The van der Waals surface area contributed by atoms with Gasteiger partial charge >= 0.3 is 0 Å². The molecule has 0 radical (unpaired) electrons. The number of hydrogen-bond donors (Lipinski definition) is 2. The molecule has 3 heterocycles. The van der Waals surface area contributed by atoms with Crippen LogP contribution in [0, 0.1) is 0 Å². The van der Waals surface area contributed by atoms with Crippen molar-refractivity contribution in [2.45, 2.75) is 6.54 Å². The van der Waals surface area contributed by atoms with Gasteiger partial charge in [-0.3, -0.25) is 9.20 Å². The van der Waals surface area contributed by atoms with Crippen LogP contribution in [-0.4, -0.2) is 44.3 Å². The first kappa shape index (κ1) is 15.3. The number of imidazole rings is 2. The van der Waals surface area contributed by atoms with E-state index < -0.39 is 0 Å². The largest absolute Gasteiger partial charge is 0.341 e. The second-order valence-corrected chi connectivity index (χ2v) is 6.17. The maximum Gasteiger partial charge on any atom is 0.272 e. The molecule has 4 rings (SSSR count). The van der Waals surface area contributed by atoms with Gasteiger partial charge in [-0.1, -0.05) is 6.07 Å². The third-order valence-electron chi connectivity index (χ3n) is 3.92. The van der Waals surface area contributed by atoms with Crippen LogP contribution in [0.3, 0.4) is 0 Å². The number of pyridine rings is 1. The lowest BCUT2D eigenvalue weighted by molar-refractivity contribution is 0.102. The Kier molecular flexibility index (Phi) is 3.70. The first-order valence-electron chi connectivity index (χ1n) is 7.97. The molecule has 25 heavy (non-hydrogen) atoms. The topological polar surface area (TPSA) is 78.3 Å². The first-order valence-corrected chi connectivity index (χ1v) is 7.97. The highest BCUT2D eigenvalue weighted by molar-refractivity contribution is 6.04. The number of anilines is 1. The Morgan fingerprint density at radius 1 is 1.28 bits per heavy atom. The van der Waals surface area contributed by atoms with Gasteiger partial charge in [0.05, 0.1) is 17.6 Å². The van der Waals surface area contributed by atoms with E-state index in [1.165, 1.54) is 0 Å². The molecule has 0 aliphatic heterocycles. The van der Waals surface area contributed by atoms with E-state index in [-0.39, 0.29) is 5.91 Å². The molecule has 4 aromatic rings. The first-order chi connectivity index (χ1) is 12.1. The van der Waals surface area contributed by atoms with Crippen LogP contribution in [0.2, 0.25) is 0 Å². The standard InChI is InChI=1S/C18H18N6O/c1-23(2)11-16-21-13-7-6-12(10-14(13)22-16)20-18(25)15-4-3-5-17-19-8-9-24(15)17/h3-10H,11H2,1-2H3,(H,20,25)(H,21,22). The number of carbonyl (C=O) groups excluding carboxylic acids is 1. The lowest BCUT2D eigenvalue weighted by Crippen LogP contribution is -2.15. The molecule has 7 nitrogen and oxygen atoms in total. The van der Waals surface area contributed by atoms with Crippen molar-refractivity contribution in [3.05, 3.63) is 60.3 Å². The number of benzene rings is 1. The molecule has 1 amide bonds. The molecule has 0 fully saturated rings. The number of fused-ring (bicyclic) bond motifs is 2. The summed E-state index contributed by atoms with van der Waals surface area (Å²) in [5, 5.41) is 2.94. The predicted molar refractivity (Wildman–Crippen MR) is 96.6 cm³/mol. The minimum Gasteiger partial charge on any atom is -0.341 e. The van der Waals surface area contributed by atoms with E-state index in [9.17, 15) is 4.79 Å². The molecule has 126 valence electrons. The molecule has 2 N–H and O–H groups in total. The monoisotopic (exact) mass is 334 g/mol. The molecule has 0 saturated carbocycles. The highest BCUT2D eigenvalue weighted by Crippen LogP contribution is 2.19. The van der Waals surface area contributed by atoms with Crippen LogP contribution < -0.4 is 5.32 Å².